The average Bonchev–Trinajstić information content (AvgIpc) is 2.47. The molecule has 0 saturated carbocycles. The summed E-state index contributed by atoms with van der Waals surface area (Å²) in [7, 11) is 0. The summed E-state index contributed by atoms with van der Waals surface area (Å²) in [5.74, 6) is 0.833. The van der Waals surface area contributed by atoms with Gasteiger partial charge in [0, 0.05) is 19.6 Å². The summed E-state index contributed by atoms with van der Waals surface area (Å²) >= 11 is 0. The molecule has 0 aromatic rings. The van der Waals surface area contributed by atoms with E-state index in [2.05, 4.69) is 11.8 Å². The molecule has 0 aliphatic carbocycles. The Morgan fingerprint density at radius 2 is 2.42 bits per heavy atom. The number of rotatable bonds is 4. The van der Waals surface area contributed by atoms with E-state index in [4.69, 9.17) is 5.73 Å². The molecule has 0 aromatic carbocycles. The van der Waals surface area contributed by atoms with Crippen LogP contribution in [0.1, 0.15) is 19.8 Å². The maximum Gasteiger partial charge on any atom is 0.0674 e. The maximum atomic E-state index is 9.23. The predicted octanol–water partition coefficient (Wildman–Crippen LogP) is 0.0379. The Bertz CT molecular complexity index is 130. The molecule has 1 aliphatic heterocycles. The first-order valence-electron chi connectivity index (χ1n) is 4.83. The van der Waals surface area contributed by atoms with E-state index in [1.54, 1.807) is 0 Å². The van der Waals surface area contributed by atoms with Crippen LogP contribution in [-0.4, -0.2) is 42.3 Å². The van der Waals surface area contributed by atoms with E-state index in [1.807, 2.05) is 0 Å². The third kappa shape index (κ3) is 3.09. The van der Waals surface area contributed by atoms with Gasteiger partial charge in [0.25, 0.3) is 0 Å². The van der Waals surface area contributed by atoms with E-state index < -0.39 is 0 Å². The number of nitrogens with zero attached hydrogens (tertiary/aromatic N) is 1. The van der Waals surface area contributed by atoms with Gasteiger partial charge in [-0.1, -0.05) is 6.92 Å². The van der Waals surface area contributed by atoms with E-state index in [1.165, 1.54) is 19.5 Å². The minimum Gasteiger partial charge on any atom is -0.392 e. The first-order chi connectivity index (χ1) is 5.72. The third-order valence-electron chi connectivity index (χ3n) is 2.56. The molecule has 3 heteroatoms. The molecule has 2 unspecified atom stereocenters. The maximum absolute atomic E-state index is 9.23. The van der Waals surface area contributed by atoms with E-state index in [0.29, 0.717) is 6.54 Å². The smallest absolute Gasteiger partial charge is 0.0674 e. The van der Waals surface area contributed by atoms with Crippen molar-refractivity contribution in [2.75, 3.05) is 26.2 Å². The molecule has 0 spiro atoms. The fraction of sp³-hybridized carbons (Fsp3) is 1.00. The van der Waals surface area contributed by atoms with Gasteiger partial charge in [0.2, 0.25) is 0 Å². The highest BCUT2D eigenvalue weighted by Gasteiger charge is 2.18. The summed E-state index contributed by atoms with van der Waals surface area (Å²) in [6.07, 6.45) is 1.82. The van der Waals surface area contributed by atoms with Crippen molar-refractivity contribution in [3.63, 3.8) is 0 Å². The summed E-state index contributed by atoms with van der Waals surface area (Å²) in [6.45, 7) is 6.06. The normalized spacial score (nSPS) is 27.8. The first kappa shape index (κ1) is 9.96. The largest absolute Gasteiger partial charge is 0.392 e. The minimum atomic E-state index is -0.305. The molecule has 72 valence electrons. The van der Waals surface area contributed by atoms with Crippen molar-refractivity contribution in [3.05, 3.63) is 0 Å². The molecular weight excluding hydrogens is 152 g/mol. The van der Waals surface area contributed by atoms with Crippen molar-refractivity contribution in [1.82, 2.24) is 4.90 Å². The lowest BCUT2D eigenvalue weighted by molar-refractivity contribution is 0.153. The van der Waals surface area contributed by atoms with Gasteiger partial charge in [-0.2, -0.15) is 0 Å². The standard InChI is InChI=1S/C9H20N2O/c1-8-2-4-11(7-8)5-3-9(12)6-10/h8-9,12H,2-7,10H2,1H3. The summed E-state index contributed by atoms with van der Waals surface area (Å²) in [6, 6.07) is 0. The second kappa shape index (κ2) is 4.80. The van der Waals surface area contributed by atoms with Crippen molar-refractivity contribution in [3.8, 4) is 0 Å². The molecular formula is C9H20N2O. The highest BCUT2D eigenvalue weighted by Crippen LogP contribution is 2.14. The molecule has 1 rings (SSSR count). The van der Waals surface area contributed by atoms with E-state index >= 15 is 0 Å². The van der Waals surface area contributed by atoms with Crippen molar-refractivity contribution >= 4 is 0 Å². The molecule has 0 aromatic heterocycles. The quantitative estimate of drug-likeness (QED) is 0.629. The second-order valence-corrected chi connectivity index (χ2v) is 3.87. The van der Waals surface area contributed by atoms with Gasteiger partial charge >= 0.3 is 0 Å². The summed E-state index contributed by atoms with van der Waals surface area (Å²) < 4.78 is 0. The molecule has 1 fully saturated rings. The number of aliphatic hydroxyl groups is 1. The molecule has 1 aliphatic rings. The number of likely N-dealkylation sites (tertiary alicyclic amines) is 1. The number of hydrogen-bond donors (Lipinski definition) is 2. The molecule has 3 N–H and O–H groups in total. The van der Waals surface area contributed by atoms with Crippen LogP contribution < -0.4 is 5.73 Å². The highest BCUT2D eigenvalue weighted by molar-refractivity contribution is 4.73. The van der Waals surface area contributed by atoms with Crippen LogP contribution >= 0.6 is 0 Å². The molecule has 0 bridgehead atoms. The Kier molecular flexibility index (Phi) is 3.98. The van der Waals surface area contributed by atoms with Gasteiger partial charge in [0.1, 0.15) is 0 Å². The predicted molar refractivity (Wildman–Crippen MR) is 49.9 cm³/mol. The Morgan fingerprint density at radius 3 is 2.92 bits per heavy atom. The zero-order chi connectivity index (χ0) is 8.97. The Morgan fingerprint density at radius 1 is 1.67 bits per heavy atom. The van der Waals surface area contributed by atoms with Crippen molar-refractivity contribution < 1.29 is 5.11 Å². The second-order valence-electron chi connectivity index (χ2n) is 3.87. The van der Waals surface area contributed by atoms with Crippen molar-refractivity contribution in [1.29, 1.82) is 0 Å². The van der Waals surface area contributed by atoms with Crippen LogP contribution in [0, 0.1) is 5.92 Å². The van der Waals surface area contributed by atoms with Crippen LogP contribution in [0.3, 0.4) is 0 Å². The number of nitrogens with two attached hydrogens (primary N) is 1. The van der Waals surface area contributed by atoms with Crippen LogP contribution in [0.15, 0.2) is 0 Å². The first-order valence-corrected chi connectivity index (χ1v) is 4.83. The summed E-state index contributed by atoms with van der Waals surface area (Å²) in [5.41, 5.74) is 5.32. The molecule has 2 atom stereocenters. The fourth-order valence-corrected chi connectivity index (χ4v) is 1.68. The van der Waals surface area contributed by atoms with Crippen LogP contribution in [-0.2, 0) is 0 Å². The molecule has 0 radical (unpaired) electrons. The van der Waals surface area contributed by atoms with Gasteiger partial charge in [0.15, 0.2) is 0 Å². The highest BCUT2D eigenvalue weighted by atomic mass is 16.3. The van der Waals surface area contributed by atoms with Crippen LogP contribution in [0.5, 0.6) is 0 Å². The number of aliphatic hydroxyl groups excluding tert-OH is 1. The fourth-order valence-electron chi connectivity index (χ4n) is 1.68. The molecule has 1 saturated heterocycles. The van der Waals surface area contributed by atoms with Gasteiger partial charge in [-0.25, -0.2) is 0 Å². The Balaban J connectivity index is 2.07. The molecule has 1 heterocycles. The zero-order valence-electron chi connectivity index (χ0n) is 7.87. The Labute approximate surface area is 74.5 Å². The van der Waals surface area contributed by atoms with E-state index in [9.17, 15) is 5.11 Å². The third-order valence-corrected chi connectivity index (χ3v) is 2.56. The van der Waals surface area contributed by atoms with Gasteiger partial charge in [-0.05, 0) is 25.3 Å². The zero-order valence-corrected chi connectivity index (χ0v) is 7.87. The average molecular weight is 172 g/mol. The lowest BCUT2D eigenvalue weighted by atomic mass is 10.2. The van der Waals surface area contributed by atoms with Gasteiger partial charge in [-0.15, -0.1) is 0 Å². The minimum absolute atomic E-state index is 0.305. The van der Waals surface area contributed by atoms with Gasteiger partial charge in [0.05, 0.1) is 6.10 Å². The summed E-state index contributed by atoms with van der Waals surface area (Å²) in [4.78, 5) is 2.41. The van der Waals surface area contributed by atoms with Crippen molar-refractivity contribution in [2.24, 2.45) is 11.7 Å². The van der Waals surface area contributed by atoms with Crippen molar-refractivity contribution in [2.45, 2.75) is 25.9 Å². The van der Waals surface area contributed by atoms with E-state index in [-0.39, 0.29) is 6.10 Å². The van der Waals surface area contributed by atoms with E-state index in [0.717, 1.165) is 18.9 Å². The topological polar surface area (TPSA) is 49.5 Å². The van der Waals surface area contributed by atoms with Crippen LogP contribution in [0.2, 0.25) is 0 Å². The van der Waals surface area contributed by atoms with Crippen LogP contribution in [0.4, 0.5) is 0 Å². The Hall–Kier alpha value is -0.120. The van der Waals surface area contributed by atoms with Crippen LogP contribution in [0.25, 0.3) is 0 Å². The number of hydrogen-bond acceptors (Lipinski definition) is 3. The lowest BCUT2D eigenvalue weighted by Crippen LogP contribution is -2.28. The van der Waals surface area contributed by atoms with Gasteiger partial charge in [-0.3, -0.25) is 0 Å². The summed E-state index contributed by atoms with van der Waals surface area (Å²) in [5, 5.41) is 9.23. The SMILES string of the molecule is CC1CCN(CCC(O)CN)C1. The lowest BCUT2D eigenvalue weighted by Gasteiger charge is -2.16. The molecule has 12 heavy (non-hydrogen) atoms. The van der Waals surface area contributed by atoms with Gasteiger partial charge < -0.3 is 15.7 Å². The monoisotopic (exact) mass is 172 g/mol. The molecule has 0 amide bonds. The molecule has 3 nitrogen and oxygen atoms in total.